The number of halogens is 1. The number of hydrogen-bond donors (Lipinski definition) is 1. The van der Waals surface area contributed by atoms with Crippen molar-refractivity contribution in [1.29, 1.82) is 0 Å². The van der Waals surface area contributed by atoms with Crippen LogP contribution in [0.5, 0.6) is 0 Å². The van der Waals surface area contributed by atoms with E-state index in [1.54, 1.807) is 12.5 Å². The number of carboxylic acid groups (broad SMARTS) is 1. The van der Waals surface area contributed by atoms with E-state index in [-0.39, 0.29) is 18.8 Å². The first-order chi connectivity index (χ1) is 11.0. The molecule has 6 nitrogen and oxygen atoms in total. The van der Waals surface area contributed by atoms with E-state index in [0.717, 1.165) is 10.0 Å². The predicted octanol–water partition coefficient (Wildman–Crippen LogP) is 2.78. The Balaban J connectivity index is 2.19. The molecular formula is C15H15BrN2O4S. The lowest BCUT2D eigenvalue weighted by Gasteiger charge is -2.20. The first-order valence-electron chi connectivity index (χ1n) is 6.68. The van der Waals surface area contributed by atoms with Crippen molar-refractivity contribution in [3.05, 3.63) is 50.4 Å². The molecule has 1 aromatic heterocycles. The summed E-state index contributed by atoms with van der Waals surface area (Å²) < 4.78 is 5.85. The lowest BCUT2D eigenvalue weighted by molar-refractivity contribution is -0.137. The lowest BCUT2D eigenvalue weighted by Crippen LogP contribution is -2.35. The maximum absolute atomic E-state index is 12.5. The van der Waals surface area contributed by atoms with Crippen molar-refractivity contribution in [3.63, 3.8) is 0 Å². The van der Waals surface area contributed by atoms with Gasteiger partial charge in [-0.25, -0.2) is 4.98 Å². The van der Waals surface area contributed by atoms with Crippen molar-refractivity contribution in [2.75, 3.05) is 13.7 Å². The summed E-state index contributed by atoms with van der Waals surface area (Å²) in [5.41, 5.74) is 1.07. The molecule has 1 aromatic carbocycles. The third-order valence-corrected chi connectivity index (χ3v) is 4.23. The number of ether oxygens (including phenoxy) is 1. The zero-order chi connectivity index (χ0) is 16.8. The molecule has 1 N–H and O–H groups in total. The van der Waals surface area contributed by atoms with E-state index in [2.05, 4.69) is 20.9 Å². The average molecular weight is 399 g/mol. The number of aliphatic carboxylic acids is 1. The van der Waals surface area contributed by atoms with Gasteiger partial charge >= 0.3 is 5.97 Å². The topological polar surface area (TPSA) is 79.7 Å². The zero-order valence-electron chi connectivity index (χ0n) is 12.4. The Morgan fingerprint density at radius 2 is 2.22 bits per heavy atom. The van der Waals surface area contributed by atoms with Crippen LogP contribution in [0.3, 0.4) is 0 Å². The van der Waals surface area contributed by atoms with Crippen LogP contribution >= 0.6 is 27.3 Å². The van der Waals surface area contributed by atoms with E-state index in [9.17, 15) is 9.59 Å². The molecule has 0 spiro atoms. The molecule has 0 atom stereocenters. The van der Waals surface area contributed by atoms with Gasteiger partial charge in [0.1, 0.15) is 17.2 Å². The minimum atomic E-state index is -1.07. The standard InChI is InChI=1S/C15H15BrN2O4S/c1-22-8-13-17-12(9-23-13)15(21)18(7-14(19)20)6-10-3-2-4-11(16)5-10/h2-5,9H,6-8H2,1H3,(H,19,20). The van der Waals surface area contributed by atoms with E-state index in [1.165, 1.54) is 16.2 Å². The van der Waals surface area contributed by atoms with Crippen molar-refractivity contribution >= 4 is 39.1 Å². The molecule has 0 aliphatic carbocycles. The molecule has 1 amide bonds. The number of amides is 1. The Morgan fingerprint density at radius 3 is 2.87 bits per heavy atom. The number of methoxy groups -OCH3 is 1. The van der Waals surface area contributed by atoms with Crippen LogP contribution in [-0.4, -0.2) is 40.5 Å². The average Bonchev–Trinajstić information content (AvgIpc) is 2.94. The van der Waals surface area contributed by atoms with Gasteiger partial charge in [-0.15, -0.1) is 11.3 Å². The van der Waals surface area contributed by atoms with Gasteiger partial charge in [-0.3, -0.25) is 9.59 Å². The van der Waals surface area contributed by atoms with Crippen LogP contribution in [0.1, 0.15) is 21.1 Å². The fourth-order valence-corrected chi connectivity index (χ4v) is 3.16. The van der Waals surface area contributed by atoms with Gasteiger partial charge in [-0.1, -0.05) is 28.1 Å². The normalized spacial score (nSPS) is 10.5. The summed E-state index contributed by atoms with van der Waals surface area (Å²) in [4.78, 5) is 29.1. The van der Waals surface area contributed by atoms with Gasteiger partial charge in [0.25, 0.3) is 5.91 Å². The molecule has 0 aliphatic rings. The van der Waals surface area contributed by atoms with Crippen LogP contribution in [0.4, 0.5) is 0 Å². The smallest absolute Gasteiger partial charge is 0.323 e. The predicted molar refractivity (Wildman–Crippen MR) is 89.3 cm³/mol. The summed E-state index contributed by atoms with van der Waals surface area (Å²) >= 11 is 4.67. The van der Waals surface area contributed by atoms with Crippen molar-refractivity contribution in [3.8, 4) is 0 Å². The van der Waals surface area contributed by atoms with E-state index in [1.807, 2.05) is 24.3 Å². The van der Waals surface area contributed by atoms with Gasteiger partial charge in [-0.05, 0) is 17.7 Å². The number of hydrogen-bond acceptors (Lipinski definition) is 5. The van der Waals surface area contributed by atoms with Crippen LogP contribution in [0.25, 0.3) is 0 Å². The zero-order valence-corrected chi connectivity index (χ0v) is 14.8. The van der Waals surface area contributed by atoms with Crippen molar-refractivity contribution < 1.29 is 19.4 Å². The minimum Gasteiger partial charge on any atom is -0.480 e. The summed E-state index contributed by atoms with van der Waals surface area (Å²) in [6, 6.07) is 7.39. The number of carbonyl (C=O) groups excluding carboxylic acids is 1. The van der Waals surface area contributed by atoms with E-state index in [4.69, 9.17) is 9.84 Å². The van der Waals surface area contributed by atoms with Crippen LogP contribution in [0.2, 0.25) is 0 Å². The summed E-state index contributed by atoms with van der Waals surface area (Å²) in [5.74, 6) is -1.48. The molecule has 23 heavy (non-hydrogen) atoms. The van der Waals surface area contributed by atoms with E-state index >= 15 is 0 Å². The second kappa shape index (κ2) is 8.19. The van der Waals surface area contributed by atoms with Crippen molar-refractivity contribution in [1.82, 2.24) is 9.88 Å². The highest BCUT2D eigenvalue weighted by atomic mass is 79.9. The van der Waals surface area contributed by atoms with Gasteiger partial charge in [-0.2, -0.15) is 0 Å². The molecule has 8 heteroatoms. The Hall–Kier alpha value is -1.77. The fraction of sp³-hybridized carbons (Fsp3) is 0.267. The van der Waals surface area contributed by atoms with Crippen LogP contribution in [-0.2, 0) is 22.7 Å². The number of aromatic nitrogens is 1. The van der Waals surface area contributed by atoms with Gasteiger partial charge < -0.3 is 14.7 Å². The maximum atomic E-state index is 12.5. The molecule has 0 saturated carbocycles. The number of carboxylic acids is 1. The number of benzene rings is 1. The van der Waals surface area contributed by atoms with E-state index < -0.39 is 11.9 Å². The molecule has 0 unspecified atom stereocenters. The number of carbonyl (C=O) groups is 2. The third kappa shape index (κ3) is 5.12. The highest BCUT2D eigenvalue weighted by Crippen LogP contribution is 2.17. The largest absolute Gasteiger partial charge is 0.480 e. The molecule has 2 rings (SSSR count). The molecular weight excluding hydrogens is 384 g/mol. The molecule has 1 heterocycles. The fourth-order valence-electron chi connectivity index (χ4n) is 1.98. The van der Waals surface area contributed by atoms with Crippen LogP contribution < -0.4 is 0 Å². The molecule has 0 fully saturated rings. The first-order valence-corrected chi connectivity index (χ1v) is 8.35. The first kappa shape index (κ1) is 17.6. The monoisotopic (exact) mass is 398 g/mol. The Labute approximate surface area is 145 Å². The Kier molecular flexibility index (Phi) is 6.26. The highest BCUT2D eigenvalue weighted by Gasteiger charge is 2.21. The third-order valence-electron chi connectivity index (χ3n) is 2.91. The van der Waals surface area contributed by atoms with Gasteiger partial charge in [0.05, 0.1) is 6.61 Å². The van der Waals surface area contributed by atoms with Crippen molar-refractivity contribution in [2.45, 2.75) is 13.2 Å². The highest BCUT2D eigenvalue weighted by molar-refractivity contribution is 9.10. The van der Waals surface area contributed by atoms with Gasteiger partial charge in [0.15, 0.2) is 0 Å². The minimum absolute atomic E-state index is 0.196. The SMILES string of the molecule is COCc1nc(C(=O)N(CC(=O)O)Cc2cccc(Br)c2)cs1. The molecule has 0 radical (unpaired) electrons. The molecule has 2 aromatic rings. The summed E-state index contributed by atoms with van der Waals surface area (Å²) in [6.45, 7) is 0.132. The van der Waals surface area contributed by atoms with Gasteiger partial charge in [0, 0.05) is 23.5 Å². The van der Waals surface area contributed by atoms with E-state index in [0.29, 0.717) is 11.6 Å². The number of thiazole rings is 1. The van der Waals surface area contributed by atoms with Crippen LogP contribution in [0, 0.1) is 0 Å². The summed E-state index contributed by atoms with van der Waals surface area (Å²) in [7, 11) is 1.55. The molecule has 0 bridgehead atoms. The summed E-state index contributed by atoms with van der Waals surface area (Å²) in [6.07, 6.45) is 0. The van der Waals surface area contributed by atoms with Crippen LogP contribution in [0.15, 0.2) is 34.1 Å². The number of nitrogens with zero attached hydrogens (tertiary/aromatic N) is 2. The molecule has 0 aliphatic heterocycles. The molecule has 0 saturated heterocycles. The maximum Gasteiger partial charge on any atom is 0.323 e. The lowest BCUT2D eigenvalue weighted by atomic mass is 10.2. The molecule has 122 valence electrons. The van der Waals surface area contributed by atoms with Gasteiger partial charge in [0.2, 0.25) is 0 Å². The Bertz CT molecular complexity index is 704. The van der Waals surface area contributed by atoms with Crippen molar-refractivity contribution in [2.24, 2.45) is 0 Å². The Morgan fingerprint density at radius 1 is 1.43 bits per heavy atom. The second-order valence-corrected chi connectivity index (χ2v) is 6.60. The number of rotatable bonds is 7. The quantitative estimate of drug-likeness (QED) is 0.775. The summed E-state index contributed by atoms with van der Waals surface area (Å²) in [5, 5.41) is 11.4. The second-order valence-electron chi connectivity index (χ2n) is 4.74.